The van der Waals surface area contributed by atoms with Crippen LogP contribution in [0, 0.1) is 0 Å². The molecule has 0 aromatic heterocycles. The zero-order valence-corrected chi connectivity index (χ0v) is 10.5. The minimum absolute atomic E-state index is 0.0759. The van der Waals surface area contributed by atoms with Crippen LogP contribution in [0.1, 0.15) is 5.56 Å². The normalized spacial score (nSPS) is 10.6. The maximum absolute atomic E-state index is 11.6. The Hall–Kier alpha value is -0.810. The standard InChI is InChI=1S/C11H13Cl2NO3/c12-8-2-1-7(10(13)4-8)3-11(17)14-9(5-15)6-16/h1-2,4,9,15-16H,3,5-6H2,(H,14,17). The maximum Gasteiger partial charge on any atom is 0.224 e. The Labute approximate surface area is 109 Å². The van der Waals surface area contributed by atoms with Crippen LogP contribution in [0.5, 0.6) is 0 Å². The molecule has 0 saturated heterocycles. The Bertz CT molecular complexity index is 394. The number of carbonyl (C=O) groups excluding carboxylic acids is 1. The van der Waals surface area contributed by atoms with Crippen LogP contribution in [0.2, 0.25) is 10.0 Å². The summed E-state index contributed by atoms with van der Waals surface area (Å²) < 4.78 is 0. The average Bonchev–Trinajstić information content (AvgIpc) is 2.29. The van der Waals surface area contributed by atoms with Crippen LogP contribution in [0.25, 0.3) is 0 Å². The van der Waals surface area contributed by atoms with Gasteiger partial charge in [-0.05, 0) is 17.7 Å². The Morgan fingerprint density at radius 3 is 2.47 bits per heavy atom. The van der Waals surface area contributed by atoms with E-state index in [0.29, 0.717) is 15.6 Å². The number of amides is 1. The summed E-state index contributed by atoms with van der Waals surface area (Å²) in [7, 11) is 0. The van der Waals surface area contributed by atoms with Crippen molar-refractivity contribution in [3.05, 3.63) is 33.8 Å². The average molecular weight is 278 g/mol. The minimum atomic E-state index is -0.645. The SMILES string of the molecule is O=C(Cc1ccc(Cl)cc1Cl)NC(CO)CO. The van der Waals surface area contributed by atoms with Crippen LogP contribution in [0.15, 0.2) is 18.2 Å². The second-order valence-electron chi connectivity index (χ2n) is 3.54. The molecular formula is C11H13Cl2NO3. The predicted octanol–water partition coefficient (Wildman–Crippen LogP) is 1.01. The lowest BCUT2D eigenvalue weighted by Gasteiger charge is -2.13. The molecule has 1 amide bonds. The van der Waals surface area contributed by atoms with E-state index in [2.05, 4.69) is 5.32 Å². The fourth-order valence-electron chi connectivity index (χ4n) is 1.27. The van der Waals surface area contributed by atoms with Crippen molar-refractivity contribution in [3.8, 4) is 0 Å². The Kier molecular flexibility index (Phi) is 5.71. The second kappa shape index (κ2) is 6.81. The number of carbonyl (C=O) groups is 1. The van der Waals surface area contributed by atoms with Crippen molar-refractivity contribution in [2.45, 2.75) is 12.5 Å². The maximum atomic E-state index is 11.6. The lowest BCUT2D eigenvalue weighted by atomic mass is 10.1. The van der Waals surface area contributed by atoms with Gasteiger partial charge in [0, 0.05) is 10.0 Å². The summed E-state index contributed by atoms with van der Waals surface area (Å²) in [6.07, 6.45) is 0.0759. The number of rotatable bonds is 5. The predicted molar refractivity (Wildman–Crippen MR) is 66.3 cm³/mol. The van der Waals surface area contributed by atoms with Crippen molar-refractivity contribution in [1.29, 1.82) is 0 Å². The molecule has 1 aromatic rings. The van der Waals surface area contributed by atoms with Crippen molar-refractivity contribution in [2.75, 3.05) is 13.2 Å². The Morgan fingerprint density at radius 1 is 1.29 bits per heavy atom. The van der Waals surface area contributed by atoms with Crippen LogP contribution in [-0.2, 0) is 11.2 Å². The van der Waals surface area contributed by atoms with Gasteiger partial charge >= 0.3 is 0 Å². The highest BCUT2D eigenvalue weighted by Crippen LogP contribution is 2.21. The van der Waals surface area contributed by atoms with Crippen molar-refractivity contribution in [1.82, 2.24) is 5.32 Å². The zero-order chi connectivity index (χ0) is 12.8. The van der Waals surface area contributed by atoms with Gasteiger partial charge in [-0.1, -0.05) is 29.3 Å². The summed E-state index contributed by atoms with van der Waals surface area (Å²) in [5.74, 6) is -0.317. The van der Waals surface area contributed by atoms with Gasteiger partial charge in [0.15, 0.2) is 0 Å². The van der Waals surface area contributed by atoms with E-state index in [0.717, 1.165) is 0 Å². The molecule has 0 aliphatic carbocycles. The molecule has 0 aliphatic heterocycles. The molecule has 0 saturated carbocycles. The molecule has 0 unspecified atom stereocenters. The third-order valence-electron chi connectivity index (χ3n) is 2.17. The van der Waals surface area contributed by atoms with Gasteiger partial charge in [-0.2, -0.15) is 0 Å². The van der Waals surface area contributed by atoms with Crippen LogP contribution in [0.3, 0.4) is 0 Å². The van der Waals surface area contributed by atoms with Gasteiger partial charge in [-0.15, -0.1) is 0 Å². The second-order valence-corrected chi connectivity index (χ2v) is 4.39. The summed E-state index contributed by atoms with van der Waals surface area (Å²) >= 11 is 11.6. The van der Waals surface area contributed by atoms with Crippen molar-refractivity contribution in [2.24, 2.45) is 0 Å². The summed E-state index contributed by atoms with van der Waals surface area (Å²) in [5, 5.41) is 21.0. The van der Waals surface area contributed by atoms with Gasteiger partial charge in [0.05, 0.1) is 25.7 Å². The molecule has 0 bridgehead atoms. The number of aliphatic hydroxyl groups is 2. The number of halogens is 2. The largest absolute Gasteiger partial charge is 0.394 e. The van der Waals surface area contributed by atoms with E-state index in [1.807, 2.05) is 0 Å². The highest BCUT2D eigenvalue weighted by molar-refractivity contribution is 6.35. The van der Waals surface area contributed by atoms with Gasteiger partial charge in [-0.3, -0.25) is 4.79 Å². The molecule has 0 aliphatic rings. The summed E-state index contributed by atoms with van der Waals surface area (Å²) in [6, 6.07) is 4.22. The monoisotopic (exact) mass is 277 g/mol. The zero-order valence-electron chi connectivity index (χ0n) is 8.99. The van der Waals surface area contributed by atoms with E-state index in [-0.39, 0.29) is 25.5 Å². The van der Waals surface area contributed by atoms with E-state index in [1.54, 1.807) is 18.2 Å². The highest BCUT2D eigenvalue weighted by Gasteiger charge is 2.12. The van der Waals surface area contributed by atoms with Crippen LogP contribution in [-0.4, -0.2) is 35.4 Å². The van der Waals surface area contributed by atoms with Gasteiger partial charge in [0.1, 0.15) is 0 Å². The number of nitrogens with one attached hydrogen (secondary N) is 1. The first-order valence-electron chi connectivity index (χ1n) is 5.01. The van der Waals surface area contributed by atoms with Crippen LogP contribution < -0.4 is 5.32 Å². The van der Waals surface area contributed by atoms with Crippen molar-refractivity contribution < 1.29 is 15.0 Å². The molecule has 6 heteroatoms. The van der Waals surface area contributed by atoms with Gasteiger partial charge in [-0.25, -0.2) is 0 Å². The third kappa shape index (κ3) is 4.52. The van der Waals surface area contributed by atoms with E-state index < -0.39 is 6.04 Å². The molecule has 17 heavy (non-hydrogen) atoms. The molecule has 1 aromatic carbocycles. The summed E-state index contributed by atoms with van der Waals surface area (Å²) in [6.45, 7) is -0.618. The quantitative estimate of drug-likeness (QED) is 0.752. The fraction of sp³-hybridized carbons (Fsp3) is 0.364. The molecule has 3 N–H and O–H groups in total. The van der Waals surface area contributed by atoms with Gasteiger partial charge in [0.25, 0.3) is 0 Å². The van der Waals surface area contributed by atoms with E-state index in [4.69, 9.17) is 33.4 Å². The van der Waals surface area contributed by atoms with Crippen LogP contribution in [0.4, 0.5) is 0 Å². The smallest absolute Gasteiger partial charge is 0.224 e. The summed E-state index contributed by atoms with van der Waals surface area (Å²) in [4.78, 5) is 11.6. The van der Waals surface area contributed by atoms with Gasteiger partial charge in [0.2, 0.25) is 5.91 Å². The third-order valence-corrected chi connectivity index (χ3v) is 2.76. The Balaban J connectivity index is 2.62. The minimum Gasteiger partial charge on any atom is -0.394 e. The lowest BCUT2D eigenvalue weighted by Crippen LogP contribution is -2.40. The first-order chi connectivity index (χ1) is 8.06. The Morgan fingerprint density at radius 2 is 1.94 bits per heavy atom. The van der Waals surface area contributed by atoms with Crippen molar-refractivity contribution >= 4 is 29.1 Å². The van der Waals surface area contributed by atoms with Gasteiger partial charge < -0.3 is 15.5 Å². The van der Waals surface area contributed by atoms with Crippen molar-refractivity contribution in [3.63, 3.8) is 0 Å². The number of hydrogen-bond donors (Lipinski definition) is 3. The highest BCUT2D eigenvalue weighted by atomic mass is 35.5. The molecule has 0 fully saturated rings. The molecule has 0 atom stereocenters. The van der Waals surface area contributed by atoms with Crippen LogP contribution >= 0.6 is 23.2 Å². The van der Waals surface area contributed by atoms with E-state index in [1.165, 1.54) is 0 Å². The molecular weight excluding hydrogens is 265 g/mol. The molecule has 0 radical (unpaired) electrons. The number of aliphatic hydroxyl groups excluding tert-OH is 2. The summed E-state index contributed by atoms with van der Waals surface area (Å²) in [5.41, 5.74) is 0.642. The topological polar surface area (TPSA) is 69.6 Å². The number of benzene rings is 1. The first-order valence-corrected chi connectivity index (χ1v) is 5.77. The molecule has 0 spiro atoms. The molecule has 1 rings (SSSR count). The molecule has 4 nitrogen and oxygen atoms in total. The molecule has 94 valence electrons. The molecule has 0 heterocycles. The van der Waals surface area contributed by atoms with E-state index >= 15 is 0 Å². The van der Waals surface area contributed by atoms with E-state index in [9.17, 15) is 4.79 Å². The number of hydrogen-bond acceptors (Lipinski definition) is 3. The lowest BCUT2D eigenvalue weighted by molar-refractivity contribution is -0.121. The first kappa shape index (κ1) is 14.3. The fourth-order valence-corrected chi connectivity index (χ4v) is 1.74.